The average molecular weight is 404 g/mol. The molecule has 0 bridgehead atoms. The van der Waals surface area contributed by atoms with E-state index in [4.69, 9.17) is 4.74 Å². The topological polar surface area (TPSA) is 9.23 Å². The molecule has 0 saturated heterocycles. The standard InChI is InChI=1S/C18H26FIO/c1-17(2,3)15-8-10-18(13-20,11-9-15)21-12-14-6-4-5-7-16(14)19/h4-7,15H,8-13H2,1-3H3. The van der Waals surface area contributed by atoms with Crippen LogP contribution in [0.25, 0.3) is 0 Å². The number of benzene rings is 1. The highest BCUT2D eigenvalue weighted by atomic mass is 127. The Morgan fingerprint density at radius 3 is 2.38 bits per heavy atom. The Balaban J connectivity index is 1.96. The van der Waals surface area contributed by atoms with Crippen molar-refractivity contribution in [3.8, 4) is 0 Å². The summed E-state index contributed by atoms with van der Waals surface area (Å²) in [5.41, 5.74) is 0.979. The van der Waals surface area contributed by atoms with Gasteiger partial charge in [-0.1, -0.05) is 61.6 Å². The Morgan fingerprint density at radius 2 is 1.86 bits per heavy atom. The third kappa shape index (κ3) is 4.41. The van der Waals surface area contributed by atoms with E-state index in [1.165, 1.54) is 18.9 Å². The van der Waals surface area contributed by atoms with Gasteiger partial charge in [0.05, 0.1) is 12.2 Å². The van der Waals surface area contributed by atoms with E-state index in [1.54, 1.807) is 6.07 Å². The number of ether oxygens (including phenoxy) is 1. The average Bonchev–Trinajstić information content (AvgIpc) is 2.46. The highest BCUT2D eigenvalue weighted by Crippen LogP contribution is 2.43. The third-order valence-electron chi connectivity index (χ3n) is 4.86. The largest absolute Gasteiger partial charge is 0.369 e. The first-order valence-electron chi connectivity index (χ1n) is 7.80. The minimum Gasteiger partial charge on any atom is -0.369 e. The van der Waals surface area contributed by atoms with Gasteiger partial charge in [-0.2, -0.15) is 0 Å². The molecule has 2 rings (SSSR count). The predicted octanol–water partition coefficient (Wildman–Crippen LogP) is 5.75. The van der Waals surface area contributed by atoms with Gasteiger partial charge in [0, 0.05) is 9.99 Å². The summed E-state index contributed by atoms with van der Waals surface area (Å²) in [6.45, 7) is 7.37. The van der Waals surface area contributed by atoms with Crippen LogP contribution in [-0.2, 0) is 11.3 Å². The van der Waals surface area contributed by atoms with Gasteiger partial charge in [-0.3, -0.25) is 0 Å². The molecule has 1 aromatic carbocycles. The Hall–Kier alpha value is -0.160. The van der Waals surface area contributed by atoms with Crippen molar-refractivity contribution in [2.24, 2.45) is 11.3 Å². The summed E-state index contributed by atoms with van der Waals surface area (Å²) in [5.74, 6) is 0.607. The zero-order valence-corrected chi connectivity index (χ0v) is 15.5. The van der Waals surface area contributed by atoms with Crippen molar-refractivity contribution in [3.63, 3.8) is 0 Å². The highest BCUT2D eigenvalue weighted by molar-refractivity contribution is 14.1. The van der Waals surface area contributed by atoms with Gasteiger partial charge >= 0.3 is 0 Å². The molecule has 0 heterocycles. The molecule has 3 heteroatoms. The maximum absolute atomic E-state index is 13.7. The van der Waals surface area contributed by atoms with E-state index in [0.717, 1.165) is 23.2 Å². The summed E-state index contributed by atoms with van der Waals surface area (Å²) in [6.07, 6.45) is 4.60. The molecular formula is C18H26FIO. The molecule has 1 aromatic rings. The first-order chi connectivity index (χ1) is 9.86. The van der Waals surface area contributed by atoms with Gasteiger partial charge in [-0.15, -0.1) is 0 Å². The predicted molar refractivity (Wildman–Crippen MR) is 94.2 cm³/mol. The second kappa shape index (κ2) is 6.95. The molecule has 0 aliphatic heterocycles. The van der Waals surface area contributed by atoms with E-state index in [-0.39, 0.29) is 11.4 Å². The van der Waals surface area contributed by atoms with Crippen LogP contribution in [0.1, 0.15) is 52.0 Å². The molecule has 118 valence electrons. The molecular weight excluding hydrogens is 378 g/mol. The molecule has 1 saturated carbocycles. The molecule has 1 aliphatic rings. The second-order valence-corrected chi connectivity index (χ2v) is 8.10. The van der Waals surface area contributed by atoms with E-state index in [1.807, 2.05) is 12.1 Å². The van der Waals surface area contributed by atoms with Crippen LogP contribution in [0, 0.1) is 17.2 Å². The quantitative estimate of drug-likeness (QED) is 0.459. The van der Waals surface area contributed by atoms with Gasteiger partial charge in [0.15, 0.2) is 0 Å². The molecule has 0 N–H and O–H groups in total. The summed E-state index contributed by atoms with van der Waals surface area (Å²) < 4.78 is 20.9. The van der Waals surface area contributed by atoms with Crippen LogP contribution in [0.4, 0.5) is 4.39 Å². The van der Waals surface area contributed by atoms with E-state index in [2.05, 4.69) is 43.4 Å². The van der Waals surface area contributed by atoms with Crippen molar-refractivity contribution >= 4 is 22.6 Å². The zero-order chi connectivity index (χ0) is 15.5. The first kappa shape index (κ1) is 17.2. The monoisotopic (exact) mass is 404 g/mol. The number of alkyl halides is 1. The molecule has 1 aliphatic carbocycles. The van der Waals surface area contributed by atoms with Crippen molar-refractivity contribution in [3.05, 3.63) is 35.6 Å². The first-order valence-corrected chi connectivity index (χ1v) is 9.32. The normalized spacial score (nSPS) is 26.8. The molecule has 0 unspecified atom stereocenters. The lowest BCUT2D eigenvalue weighted by Gasteiger charge is -2.43. The van der Waals surface area contributed by atoms with Crippen molar-refractivity contribution in [1.29, 1.82) is 0 Å². The number of halogens is 2. The fourth-order valence-corrected chi connectivity index (χ4v) is 4.16. The lowest BCUT2D eigenvalue weighted by Crippen LogP contribution is -2.41. The van der Waals surface area contributed by atoms with Gasteiger partial charge in [-0.05, 0) is 43.1 Å². The maximum atomic E-state index is 13.7. The Morgan fingerprint density at radius 1 is 1.24 bits per heavy atom. The number of rotatable bonds is 4. The molecule has 1 fully saturated rings. The fourth-order valence-electron chi connectivity index (χ4n) is 3.17. The molecule has 0 aromatic heterocycles. The number of hydrogen-bond acceptors (Lipinski definition) is 1. The molecule has 1 nitrogen and oxygen atoms in total. The van der Waals surface area contributed by atoms with Crippen LogP contribution >= 0.6 is 22.6 Å². The minimum atomic E-state index is -0.163. The Kier molecular flexibility index (Phi) is 5.69. The number of hydrogen-bond donors (Lipinski definition) is 0. The van der Waals surface area contributed by atoms with Crippen LogP contribution in [-0.4, -0.2) is 10.0 Å². The van der Waals surface area contributed by atoms with Gasteiger partial charge < -0.3 is 4.74 Å². The van der Waals surface area contributed by atoms with Crippen LogP contribution in [0.3, 0.4) is 0 Å². The molecule has 0 spiro atoms. The van der Waals surface area contributed by atoms with Crippen LogP contribution < -0.4 is 0 Å². The van der Waals surface area contributed by atoms with Crippen molar-refractivity contribution in [2.45, 2.75) is 58.7 Å². The Bertz CT molecular complexity index is 459. The van der Waals surface area contributed by atoms with E-state index in [9.17, 15) is 4.39 Å². The highest BCUT2D eigenvalue weighted by Gasteiger charge is 2.38. The Labute approximate surface area is 141 Å². The minimum absolute atomic E-state index is 0.0649. The molecule has 0 atom stereocenters. The second-order valence-electron chi connectivity index (χ2n) is 7.34. The molecule has 0 amide bonds. The maximum Gasteiger partial charge on any atom is 0.128 e. The van der Waals surface area contributed by atoms with E-state index in [0.29, 0.717) is 17.6 Å². The summed E-state index contributed by atoms with van der Waals surface area (Å²) >= 11 is 2.42. The summed E-state index contributed by atoms with van der Waals surface area (Å²) in [7, 11) is 0. The summed E-state index contributed by atoms with van der Waals surface area (Å²) in [4.78, 5) is 0. The van der Waals surface area contributed by atoms with E-state index >= 15 is 0 Å². The summed E-state index contributed by atoms with van der Waals surface area (Å²) in [5, 5.41) is 0. The third-order valence-corrected chi connectivity index (χ3v) is 6.25. The van der Waals surface area contributed by atoms with Gasteiger partial charge in [0.2, 0.25) is 0 Å². The fraction of sp³-hybridized carbons (Fsp3) is 0.667. The molecule has 0 radical (unpaired) electrons. The SMILES string of the molecule is CC(C)(C)C1CCC(CI)(OCc2ccccc2F)CC1. The van der Waals surface area contributed by atoms with Gasteiger partial charge in [0.1, 0.15) is 5.82 Å². The molecule has 21 heavy (non-hydrogen) atoms. The van der Waals surface area contributed by atoms with E-state index < -0.39 is 0 Å². The van der Waals surface area contributed by atoms with Crippen molar-refractivity contribution in [2.75, 3.05) is 4.43 Å². The van der Waals surface area contributed by atoms with Crippen LogP contribution in [0.5, 0.6) is 0 Å². The van der Waals surface area contributed by atoms with Crippen LogP contribution in [0.15, 0.2) is 24.3 Å². The van der Waals surface area contributed by atoms with Gasteiger partial charge in [-0.25, -0.2) is 4.39 Å². The van der Waals surface area contributed by atoms with Crippen LogP contribution in [0.2, 0.25) is 0 Å². The van der Waals surface area contributed by atoms with Crippen molar-refractivity contribution < 1.29 is 9.13 Å². The van der Waals surface area contributed by atoms with Gasteiger partial charge in [0.25, 0.3) is 0 Å². The van der Waals surface area contributed by atoms with Crippen molar-refractivity contribution in [1.82, 2.24) is 0 Å². The lowest BCUT2D eigenvalue weighted by atomic mass is 9.69. The zero-order valence-electron chi connectivity index (χ0n) is 13.3. The smallest absolute Gasteiger partial charge is 0.128 e. The lowest BCUT2D eigenvalue weighted by molar-refractivity contribution is -0.0779. The summed E-state index contributed by atoms with van der Waals surface area (Å²) in [6, 6.07) is 6.92.